The van der Waals surface area contributed by atoms with Crippen LogP contribution in [0.15, 0.2) is 30.5 Å². The molecule has 1 amide bonds. The third kappa shape index (κ3) is 6.40. The summed E-state index contributed by atoms with van der Waals surface area (Å²) in [6.07, 6.45) is 2.82. The summed E-state index contributed by atoms with van der Waals surface area (Å²) in [5.41, 5.74) is 1.85. The Morgan fingerprint density at radius 3 is 2.52 bits per heavy atom. The summed E-state index contributed by atoms with van der Waals surface area (Å²) < 4.78 is 18.3. The topological polar surface area (TPSA) is 130 Å². The number of hydrogen-bond donors (Lipinski definition) is 4. The first-order valence-corrected chi connectivity index (χ1v) is 11.1. The number of para-hydroxylation sites is 1. The molecule has 160 valence electrons. The largest absolute Gasteiger partial charge is 0.464 e. The molecule has 2 rings (SSSR count). The van der Waals surface area contributed by atoms with Gasteiger partial charge in [-0.2, -0.15) is 0 Å². The van der Waals surface area contributed by atoms with Crippen molar-refractivity contribution in [3.63, 3.8) is 0 Å². The summed E-state index contributed by atoms with van der Waals surface area (Å²) in [5.74, 6) is -1.26. The molecule has 0 bridgehead atoms. The van der Waals surface area contributed by atoms with Gasteiger partial charge in [-0.3, -0.25) is 4.79 Å². The van der Waals surface area contributed by atoms with E-state index < -0.39 is 31.7 Å². The van der Waals surface area contributed by atoms with E-state index >= 15 is 0 Å². The first kappa shape index (κ1) is 23.1. The minimum absolute atomic E-state index is 0.153. The van der Waals surface area contributed by atoms with Crippen molar-refractivity contribution < 1.29 is 28.7 Å². The van der Waals surface area contributed by atoms with Gasteiger partial charge in [-0.15, -0.1) is 0 Å². The van der Waals surface area contributed by atoms with Gasteiger partial charge in [0.05, 0.1) is 12.6 Å². The molecule has 0 radical (unpaired) electrons. The number of fused-ring (bicyclic) bond motifs is 1. The molecule has 10 heteroatoms. The molecule has 29 heavy (non-hydrogen) atoms. The Morgan fingerprint density at radius 1 is 1.21 bits per heavy atom. The van der Waals surface area contributed by atoms with Crippen LogP contribution in [0.25, 0.3) is 10.9 Å². The Hall–Kier alpha value is -2.19. The van der Waals surface area contributed by atoms with Crippen molar-refractivity contribution in [1.29, 1.82) is 0 Å². The second-order valence-electron chi connectivity index (χ2n) is 6.81. The number of ether oxygens (including phenoxy) is 1. The maximum Gasteiger partial charge on any atom is 0.401 e. The fourth-order valence-electron chi connectivity index (χ4n) is 3.26. The van der Waals surface area contributed by atoms with Crippen LogP contribution in [0, 0.1) is 0 Å². The number of amides is 1. The smallest absolute Gasteiger partial charge is 0.401 e. The first-order chi connectivity index (χ1) is 13.7. The van der Waals surface area contributed by atoms with E-state index in [1.165, 1.54) is 0 Å². The summed E-state index contributed by atoms with van der Waals surface area (Å²) in [6.45, 7) is 3.62. The van der Waals surface area contributed by atoms with Crippen LogP contribution in [-0.2, 0) is 32.4 Å². The highest BCUT2D eigenvalue weighted by atomic mass is 31.2. The molecule has 0 spiro atoms. The SMILES string of the molecule is CCC[C@H](NP(=O)(O)O)C(=O)N[C@H](Cc1cn(C)c2ccccc12)C(=O)OCC. The lowest BCUT2D eigenvalue weighted by molar-refractivity contribution is -0.147. The average molecular weight is 425 g/mol. The zero-order chi connectivity index (χ0) is 21.6. The number of aromatic nitrogens is 1. The maximum absolute atomic E-state index is 12.7. The standard InChI is InChI=1S/C19H28N3O6P/c1-4-8-15(21-29(25,26)27)18(23)20-16(19(24)28-5-2)11-13-12-22(3)17-10-7-6-9-14(13)17/h6-7,9-10,12,15-16H,4-5,8,11H2,1-3H3,(H,20,23)(H3,21,25,26,27)/t15-,16+/m0/s1. The second kappa shape index (κ2) is 10.0. The molecule has 0 saturated heterocycles. The predicted octanol–water partition coefficient (Wildman–Crippen LogP) is 1.62. The van der Waals surface area contributed by atoms with Gasteiger partial charge in [-0.1, -0.05) is 31.5 Å². The van der Waals surface area contributed by atoms with Gasteiger partial charge < -0.3 is 24.4 Å². The van der Waals surface area contributed by atoms with E-state index in [2.05, 4.69) is 5.32 Å². The number of hydrogen-bond acceptors (Lipinski definition) is 4. The molecular weight excluding hydrogens is 397 g/mol. The van der Waals surface area contributed by atoms with E-state index in [-0.39, 0.29) is 19.4 Å². The van der Waals surface area contributed by atoms with Crippen molar-refractivity contribution in [3.05, 3.63) is 36.0 Å². The first-order valence-electron chi connectivity index (χ1n) is 9.49. The number of esters is 1. The zero-order valence-electron chi connectivity index (χ0n) is 16.8. The Kier molecular flexibility index (Phi) is 7.98. The van der Waals surface area contributed by atoms with Crippen LogP contribution in [-0.4, -0.2) is 44.9 Å². The highest BCUT2D eigenvalue weighted by Gasteiger charge is 2.30. The molecule has 0 saturated carbocycles. The van der Waals surface area contributed by atoms with Crippen molar-refractivity contribution in [2.24, 2.45) is 7.05 Å². The van der Waals surface area contributed by atoms with Crippen LogP contribution in [0.5, 0.6) is 0 Å². The molecular formula is C19H28N3O6P. The van der Waals surface area contributed by atoms with Crippen LogP contribution in [0.3, 0.4) is 0 Å². The normalized spacial score (nSPS) is 13.8. The lowest BCUT2D eigenvalue weighted by Gasteiger charge is -2.22. The van der Waals surface area contributed by atoms with E-state index in [4.69, 9.17) is 4.74 Å². The fourth-order valence-corrected chi connectivity index (χ4v) is 3.91. The Balaban J connectivity index is 2.26. The molecule has 2 aromatic rings. The third-order valence-corrected chi connectivity index (χ3v) is 5.16. The van der Waals surface area contributed by atoms with Crippen LogP contribution >= 0.6 is 7.75 Å². The lowest BCUT2D eigenvalue weighted by Crippen LogP contribution is -2.50. The van der Waals surface area contributed by atoms with E-state index in [0.29, 0.717) is 6.42 Å². The fraction of sp³-hybridized carbons (Fsp3) is 0.474. The van der Waals surface area contributed by atoms with Gasteiger partial charge in [0, 0.05) is 30.6 Å². The molecule has 4 N–H and O–H groups in total. The summed E-state index contributed by atoms with van der Waals surface area (Å²) >= 11 is 0. The van der Waals surface area contributed by atoms with Crippen LogP contribution in [0.2, 0.25) is 0 Å². The molecule has 1 aromatic heterocycles. The average Bonchev–Trinajstić information content (AvgIpc) is 2.96. The minimum Gasteiger partial charge on any atom is -0.464 e. The van der Waals surface area contributed by atoms with Crippen LogP contribution in [0.1, 0.15) is 32.3 Å². The molecule has 1 aromatic carbocycles. The zero-order valence-corrected chi connectivity index (χ0v) is 17.7. The summed E-state index contributed by atoms with van der Waals surface area (Å²) in [6, 6.07) is 5.60. The number of rotatable bonds is 10. The number of nitrogens with one attached hydrogen (secondary N) is 2. The van der Waals surface area contributed by atoms with Gasteiger partial charge in [-0.05, 0) is 25.0 Å². The molecule has 0 aliphatic heterocycles. The maximum atomic E-state index is 12.7. The highest BCUT2D eigenvalue weighted by Crippen LogP contribution is 2.30. The minimum atomic E-state index is -4.61. The van der Waals surface area contributed by atoms with Crippen molar-refractivity contribution in [2.75, 3.05) is 6.61 Å². The molecule has 9 nitrogen and oxygen atoms in total. The van der Waals surface area contributed by atoms with E-state index in [0.717, 1.165) is 16.5 Å². The Labute approximate surface area is 169 Å². The van der Waals surface area contributed by atoms with Crippen molar-refractivity contribution in [2.45, 2.75) is 45.2 Å². The van der Waals surface area contributed by atoms with Gasteiger partial charge in [0.1, 0.15) is 6.04 Å². The number of nitrogens with zero attached hydrogens (tertiary/aromatic N) is 1. The summed E-state index contributed by atoms with van der Waals surface area (Å²) in [4.78, 5) is 43.5. The Morgan fingerprint density at radius 2 is 1.90 bits per heavy atom. The van der Waals surface area contributed by atoms with E-state index in [9.17, 15) is 23.9 Å². The van der Waals surface area contributed by atoms with Crippen LogP contribution in [0.4, 0.5) is 0 Å². The molecule has 2 atom stereocenters. The van der Waals surface area contributed by atoms with Gasteiger partial charge >= 0.3 is 13.7 Å². The summed E-state index contributed by atoms with van der Waals surface area (Å²) in [7, 11) is -2.72. The highest BCUT2D eigenvalue weighted by molar-refractivity contribution is 7.49. The number of carbonyl (C=O) groups is 2. The van der Waals surface area contributed by atoms with E-state index in [1.54, 1.807) is 13.8 Å². The third-order valence-electron chi connectivity index (χ3n) is 4.51. The molecule has 0 fully saturated rings. The lowest BCUT2D eigenvalue weighted by atomic mass is 10.0. The van der Waals surface area contributed by atoms with Gasteiger partial charge in [0.15, 0.2) is 0 Å². The number of benzene rings is 1. The van der Waals surface area contributed by atoms with Crippen molar-refractivity contribution in [3.8, 4) is 0 Å². The van der Waals surface area contributed by atoms with Crippen molar-refractivity contribution >= 4 is 30.5 Å². The molecule has 0 unspecified atom stereocenters. The predicted molar refractivity (Wildman–Crippen MR) is 109 cm³/mol. The molecule has 1 heterocycles. The number of aryl methyl sites for hydroxylation is 1. The monoisotopic (exact) mass is 425 g/mol. The van der Waals surface area contributed by atoms with Gasteiger partial charge in [-0.25, -0.2) is 14.4 Å². The van der Waals surface area contributed by atoms with Crippen LogP contribution < -0.4 is 10.4 Å². The summed E-state index contributed by atoms with van der Waals surface area (Å²) in [5, 5.41) is 5.59. The van der Waals surface area contributed by atoms with Gasteiger partial charge in [0.2, 0.25) is 5.91 Å². The number of carbonyl (C=O) groups excluding carboxylic acids is 2. The quantitative estimate of drug-likeness (QED) is 0.336. The van der Waals surface area contributed by atoms with Crippen molar-refractivity contribution in [1.82, 2.24) is 15.0 Å². The van der Waals surface area contributed by atoms with Gasteiger partial charge in [0.25, 0.3) is 0 Å². The second-order valence-corrected chi connectivity index (χ2v) is 8.16. The molecule has 0 aliphatic rings. The molecule has 0 aliphatic carbocycles. The Bertz CT molecular complexity index is 906. The van der Waals surface area contributed by atoms with E-state index in [1.807, 2.05) is 47.2 Å².